The van der Waals surface area contributed by atoms with Crippen LogP contribution in [-0.4, -0.2) is 7.28 Å². The fourth-order valence-corrected chi connectivity index (χ4v) is 8.25. The van der Waals surface area contributed by atoms with E-state index in [0.717, 1.165) is 28.2 Å². The van der Waals surface area contributed by atoms with Crippen LogP contribution in [0.5, 0.6) is 0 Å². The molecule has 2 heteroatoms. The summed E-state index contributed by atoms with van der Waals surface area (Å²) in [6.45, 7) is 6.30. The minimum absolute atomic E-state index is 0.598. The summed E-state index contributed by atoms with van der Waals surface area (Å²) >= 11 is 0. The number of hydrogen-bond acceptors (Lipinski definition) is 1. The van der Waals surface area contributed by atoms with E-state index in [1.165, 1.54) is 54.0 Å². The molecule has 0 aromatic heterocycles. The van der Waals surface area contributed by atoms with E-state index < -0.39 is 0 Å². The van der Waals surface area contributed by atoms with Gasteiger partial charge < -0.3 is 4.90 Å². The van der Waals surface area contributed by atoms with Gasteiger partial charge in [-0.2, -0.15) is 0 Å². The first-order valence-electron chi connectivity index (χ1n) is 17.8. The van der Waals surface area contributed by atoms with E-state index in [0.29, 0.717) is 17.7 Å². The summed E-state index contributed by atoms with van der Waals surface area (Å²) in [5, 5.41) is 2.58. The van der Waals surface area contributed by atoms with Gasteiger partial charge in [0, 0.05) is 17.1 Å². The molecule has 0 saturated carbocycles. The molecule has 5 aromatic rings. The molecule has 3 atom stereocenters. The van der Waals surface area contributed by atoms with Crippen molar-refractivity contribution in [2.24, 2.45) is 5.92 Å². The Balaban J connectivity index is 1.12. The molecular formula is C47H42BN. The van der Waals surface area contributed by atoms with Gasteiger partial charge in [-0.3, -0.25) is 0 Å². The fraction of sp³-hybridized carbons (Fsp3) is 0.149. The first-order valence-corrected chi connectivity index (χ1v) is 17.8. The average Bonchev–Trinajstić information content (AvgIpc) is 3.54. The highest BCUT2D eigenvalue weighted by Gasteiger charge is 2.36. The van der Waals surface area contributed by atoms with Crippen LogP contribution in [0.4, 0.5) is 11.4 Å². The van der Waals surface area contributed by atoms with Crippen molar-refractivity contribution in [2.75, 3.05) is 4.90 Å². The molecule has 8 rings (SSSR count). The molecule has 0 bridgehead atoms. The summed E-state index contributed by atoms with van der Waals surface area (Å²) in [6, 6.07) is 44.1. The number of allylic oxidation sites excluding steroid dienone is 11. The van der Waals surface area contributed by atoms with Crippen molar-refractivity contribution in [1.82, 2.24) is 0 Å². The molecule has 0 spiro atoms. The third-order valence-electron chi connectivity index (χ3n) is 10.8. The maximum Gasteiger partial charge on any atom is 0.160 e. The van der Waals surface area contributed by atoms with Gasteiger partial charge in [0.15, 0.2) is 7.28 Å². The minimum atomic E-state index is 0.598. The molecule has 238 valence electrons. The van der Waals surface area contributed by atoms with E-state index in [1.807, 2.05) is 12.1 Å². The first kappa shape index (κ1) is 31.0. The molecule has 1 unspecified atom stereocenters. The number of nitrogens with zero attached hydrogens (tertiary/aromatic N) is 1. The quantitative estimate of drug-likeness (QED) is 0.122. The van der Waals surface area contributed by atoms with Crippen molar-refractivity contribution in [2.45, 2.75) is 37.9 Å². The normalized spacial score (nSPS) is 20.1. The van der Waals surface area contributed by atoms with Gasteiger partial charge in [0.25, 0.3) is 0 Å². The second-order valence-electron chi connectivity index (χ2n) is 13.8. The molecule has 5 aromatic carbocycles. The Bertz CT molecular complexity index is 2150. The Kier molecular flexibility index (Phi) is 8.62. The van der Waals surface area contributed by atoms with Crippen LogP contribution < -0.4 is 4.90 Å². The van der Waals surface area contributed by atoms with E-state index in [9.17, 15) is 0 Å². The summed E-state index contributed by atoms with van der Waals surface area (Å²) in [5.74, 6) is 1.91. The van der Waals surface area contributed by atoms with E-state index in [2.05, 4.69) is 170 Å². The predicted molar refractivity (Wildman–Crippen MR) is 213 cm³/mol. The number of rotatable bonds is 8. The first-order chi connectivity index (χ1) is 24.1. The Morgan fingerprint density at radius 2 is 1.43 bits per heavy atom. The van der Waals surface area contributed by atoms with Crippen LogP contribution in [0.1, 0.15) is 43.2 Å². The molecule has 0 saturated heterocycles. The van der Waals surface area contributed by atoms with Gasteiger partial charge in [-0.1, -0.05) is 146 Å². The second-order valence-corrected chi connectivity index (χ2v) is 13.8. The lowest BCUT2D eigenvalue weighted by atomic mass is 9.58. The standard InChI is InChI=1S/C47H42BN/c1-3-34(35-12-6-4-7-13-35)19-18-33(2)49(42-26-22-37(23-27-42)36-14-8-5-9-15-36)43-28-24-39-30-38(20-21-40(39)31-43)41-25-29-47-45(32-41)44-16-10-11-17-46(44)48-47/h3-24,26-28,30-31,41,44,46,48H,1,25,29,32H2,2H3/b33-18+,34-19+/t41-,44-,46?/m0/s1. The monoisotopic (exact) mass is 631 g/mol. The lowest BCUT2D eigenvalue weighted by molar-refractivity contribution is 0.560. The van der Waals surface area contributed by atoms with Crippen molar-refractivity contribution in [3.05, 3.63) is 198 Å². The third kappa shape index (κ3) is 6.32. The maximum absolute atomic E-state index is 4.10. The maximum atomic E-state index is 4.10. The average molecular weight is 632 g/mol. The molecule has 0 amide bonds. The van der Waals surface area contributed by atoms with Crippen LogP contribution in [0, 0.1) is 5.92 Å². The third-order valence-corrected chi connectivity index (χ3v) is 10.8. The van der Waals surface area contributed by atoms with Crippen LogP contribution >= 0.6 is 0 Å². The fourth-order valence-electron chi connectivity index (χ4n) is 8.25. The zero-order valence-corrected chi connectivity index (χ0v) is 28.3. The molecular weight excluding hydrogens is 589 g/mol. The van der Waals surface area contributed by atoms with E-state index in [-0.39, 0.29) is 0 Å². The summed E-state index contributed by atoms with van der Waals surface area (Å²) in [5.41, 5.74) is 13.1. The van der Waals surface area contributed by atoms with Crippen molar-refractivity contribution in [3.63, 3.8) is 0 Å². The zero-order chi connectivity index (χ0) is 33.2. The highest BCUT2D eigenvalue weighted by molar-refractivity contribution is 6.50. The Morgan fingerprint density at radius 3 is 2.22 bits per heavy atom. The topological polar surface area (TPSA) is 3.24 Å². The van der Waals surface area contributed by atoms with Crippen LogP contribution in [0.15, 0.2) is 187 Å². The van der Waals surface area contributed by atoms with Gasteiger partial charge in [0.2, 0.25) is 0 Å². The lowest BCUT2D eigenvalue weighted by Gasteiger charge is -2.28. The Morgan fingerprint density at radius 1 is 0.735 bits per heavy atom. The molecule has 1 nitrogen and oxygen atoms in total. The molecule has 1 heterocycles. The largest absolute Gasteiger partial charge is 0.314 e. The lowest BCUT2D eigenvalue weighted by Crippen LogP contribution is -2.14. The van der Waals surface area contributed by atoms with Crippen molar-refractivity contribution in [3.8, 4) is 11.1 Å². The molecule has 3 aliphatic rings. The van der Waals surface area contributed by atoms with E-state index >= 15 is 0 Å². The van der Waals surface area contributed by atoms with Gasteiger partial charge in [-0.05, 0) is 113 Å². The van der Waals surface area contributed by atoms with Gasteiger partial charge >= 0.3 is 0 Å². The molecule has 49 heavy (non-hydrogen) atoms. The predicted octanol–water partition coefficient (Wildman–Crippen LogP) is 12.3. The number of fused-ring (bicyclic) bond motifs is 3. The van der Waals surface area contributed by atoms with E-state index in [1.54, 1.807) is 11.0 Å². The SMILES string of the molecule is C=C/C(=C\C=C(/C)N(c1ccc(-c2ccccc2)cc1)c1ccc2cc([C@H]3CCC4=C(C3)[C@@H]3C=CC=CC3B4)ccc2c1)c1ccccc1. The van der Waals surface area contributed by atoms with Crippen molar-refractivity contribution >= 4 is 35.0 Å². The van der Waals surface area contributed by atoms with Gasteiger partial charge in [-0.15, -0.1) is 5.47 Å². The van der Waals surface area contributed by atoms with Crippen molar-refractivity contribution < 1.29 is 0 Å². The number of hydrogen-bond donors (Lipinski definition) is 0. The molecule has 0 radical (unpaired) electrons. The van der Waals surface area contributed by atoms with Crippen LogP contribution in [0.25, 0.3) is 27.5 Å². The Labute approximate surface area is 292 Å². The summed E-state index contributed by atoms with van der Waals surface area (Å²) in [6.07, 6.45) is 19.4. The van der Waals surface area contributed by atoms with Crippen molar-refractivity contribution in [1.29, 1.82) is 0 Å². The number of anilines is 2. The van der Waals surface area contributed by atoms with Crippen LogP contribution in [-0.2, 0) is 0 Å². The van der Waals surface area contributed by atoms with Gasteiger partial charge in [0.05, 0.1) is 0 Å². The Hall–Kier alpha value is -5.34. The van der Waals surface area contributed by atoms with Gasteiger partial charge in [-0.25, -0.2) is 0 Å². The second kappa shape index (κ2) is 13.6. The van der Waals surface area contributed by atoms with E-state index in [4.69, 9.17) is 0 Å². The smallest absolute Gasteiger partial charge is 0.160 e. The summed E-state index contributed by atoms with van der Waals surface area (Å²) in [7, 11) is 1.27. The summed E-state index contributed by atoms with van der Waals surface area (Å²) in [4.78, 5) is 2.36. The zero-order valence-electron chi connectivity index (χ0n) is 28.3. The highest BCUT2D eigenvalue weighted by atomic mass is 15.1. The van der Waals surface area contributed by atoms with Gasteiger partial charge in [0.1, 0.15) is 0 Å². The minimum Gasteiger partial charge on any atom is -0.314 e. The number of benzene rings is 5. The summed E-state index contributed by atoms with van der Waals surface area (Å²) < 4.78 is 0. The molecule has 0 N–H and O–H groups in total. The van der Waals surface area contributed by atoms with Crippen LogP contribution in [0.3, 0.4) is 0 Å². The molecule has 0 fully saturated rings. The molecule has 1 aliphatic heterocycles. The molecule has 2 aliphatic carbocycles. The van der Waals surface area contributed by atoms with Crippen LogP contribution in [0.2, 0.25) is 5.82 Å². The highest BCUT2D eigenvalue weighted by Crippen LogP contribution is 2.49.